The molecule has 1 aliphatic heterocycles. The summed E-state index contributed by atoms with van der Waals surface area (Å²) < 4.78 is 0. The second-order valence-electron chi connectivity index (χ2n) is 7.47. The molecular weight excluding hydrogens is 364 g/mol. The number of amides is 2. The molecule has 1 aromatic heterocycles. The van der Waals surface area contributed by atoms with Crippen LogP contribution < -0.4 is 15.5 Å². The lowest BCUT2D eigenvalue weighted by Crippen LogP contribution is -2.34. The van der Waals surface area contributed by atoms with Crippen LogP contribution in [-0.4, -0.2) is 35.8 Å². The Balaban J connectivity index is 1.31. The van der Waals surface area contributed by atoms with Crippen molar-refractivity contribution in [3.63, 3.8) is 0 Å². The molecule has 1 saturated heterocycles. The number of aliphatic hydroxyl groups excluding tert-OH is 1. The number of aliphatic hydroxyl groups is 1. The van der Waals surface area contributed by atoms with Gasteiger partial charge in [-0.3, -0.25) is 4.98 Å². The van der Waals surface area contributed by atoms with Crippen molar-refractivity contribution in [2.45, 2.75) is 19.4 Å². The number of anilines is 2. The normalized spacial score (nSPS) is 14.7. The van der Waals surface area contributed by atoms with Crippen LogP contribution in [0.5, 0.6) is 0 Å². The van der Waals surface area contributed by atoms with Crippen molar-refractivity contribution in [1.82, 2.24) is 10.3 Å². The summed E-state index contributed by atoms with van der Waals surface area (Å²) in [7, 11) is 0. The number of pyridine rings is 1. The minimum Gasteiger partial charge on any atom is -0.396 e. The Kier molecular flexibility index (Phi) is 5.91. The molecule has 0 spiro atoms. The first kappa shape index (κ1) is 19.2. The van der Waals surface area contributed by atoms with Crippen LogP contribution in [0.15, 0.2) is 60.8 Å². The van der Waals surface area contributed by atoms with Gasteiger partial charge in [-0.25, -0.2) is 4.79 Å². The molecule has 0 saturated carbocycles. The summed E-state index contributed by atoms with van der Waals surface area (Å²) in [5.74, 6) is 0.435. The molecule has 29 heavy (non-hydrogen) atoms. The number of piperidine rings is 1. The summed E-state index contributed by atoms with van der Waals surface area (Å²) in [6.45, 7) is 2.70. The minimum absolute atomic E-state index is 0.252. The van der Waals surface area contributed by atoms with Crippen LogP contribution in [-0.2, 0) is 6.54 Å². The van der Waals surface area contributed by atoms with E-state index in [9.17, 15) is 9.90 Å². The zero-order valence-electron chi connectivity index (χ0n) is 16.3. The number of nitrogens with one attached hydrogen (secondary N) is 2. The van der Waals surface area contributed by atoms with Crippen molar-refractivity contribution in [1.29, 1.82) is 0 Å². The zero-order chi connectivity index (χ0) is 20.1. The topological polar surface area (TPSA) is 77.5 Å². The Labute approximate surface area is 170 Å². The van der Waals surface area contributed by atoms with Gasteiger partial charge in [0.05, 0.1) is 11.2 Å². The number of nitrogens with zero attached hydrogens (tertiary/aromatic N) is 2. The number of carbonyl (C=O) groups is 1. The Morgan fingerprint density at radius 1 is 1.07 bits per heavy atom. The average Bonchev–Trinajstić information content (AvgIpc) is 2.78. The lowest BCUT2D eigenvalue weighted by atomic mass is 9.97. The van der Waals surface area contributed by atoms with Crippen molar-refractivity contribution in [2.75, 3.05) is 29.9 Å². The second kappa shape index (κ2) is 8.92. The van der Waals surface area contributed by atoms with E-state index in [1.165, 1.54) is 5.69 Å². The molecule has 150 valence electrons. The fourth-order valence-corrected chi connectivity index (χ4v) is 3.75. The van der Waals surface area contributed by atoms with Crippen LogP contribution in [0.3, 0.4) is 0 Å². The van der Waals surface area contributed by atoms with Crippen molar-refractivity contribution in [3.8, 4) is 0 Å². The van der Waals surface area contributed by atoms with Gasteiger partial charge >= 0.3 is 6.03 Å². The summed E-state index contributed by atoms with van der Waals surface area (Å²) in [6.07, 6.45) is 3.78. The van der Waals surface area contributed by atoms with E-state index in [0.717, 1.165) is 42.4 Å². The molecule has 0 bridgehead atoms. The van der Waals surface area contributed by atoms with E-state index in [4.69, 9.17) is 0 Å². The van der Waals surface area contributed by atoms with E-state index in [1.54, 1.807) is 6.20 Å². The SMILES string of the molecule is O=C(NCc1ccc(N2CCC(CO)CC2)cc1)Nc1cccc2cccnc12. The maximum atomic E-state index is 12.3. The van der Waals surface area contributed by atoms with Crippen LogP contribution >= 0.6 is 0 Å². The van der Waals surface area contributed by atoms with Crippen molar-refractivity contribution >= 4 is 28.3 Å². The largest absolute Gasteiger partial charge is 0.396 e. The van der Waals surface area contributed by atoms with E-state index >= 15 is 0 Å². The predicted molar refractivity (Wildman–Crippen MR) is 116 cm³/mol. The highest BCUT2D eigenvalue weighted by Crippen LogP contribution is 2.23. The average molecular weight is 390 g/mol. The summed E-state index contributed by atoms with van der Waals surface area (Å²) >= 11 is 0. The molecule has 1 aliphatic rings. The van der Waals surface area contributed by atoms with E-state index < -0.39 is 0 Å². The van der Waals surface area contributed by atoms with Gasteiger partial charge < -0.3 is 20.6 Å². The molecule has 6 nitrogen and oxygen atoms in total. The summed E-state index contributed by atoms with van der Waals surface area (Å²) in [5, 5.41) is 16.1. The number of hydrogen-bond donors (Lipinski definition) is 3. The number of fused-ring (bicyclic) bond motifs is 1. The molecule has 0 atom stereocenters. The molecular formula is C23H26N4O2. The number of rotatable bonds is 5. The van der Waals surface area contributed by atoms with E-state index in [2.05, 4.69) is 32.7 Å². The molecule has 0 radical (unpaired) electrons. The van der Waals surface area contributed by atoms with Crippen LogP contribution in [0, 0.1) is 5.92 Å². The Bertz CT molecular complexity index is 961. The van der Waals surface area contributed by atoms with Crippen molar-refractivity contribution in [2.24, 2.45) is 5.92 Å². The Morgan fingerprint density at radius 3 is 2.59 bits per heavy atom. The van der Waals surface area contributed by atoms with Crippen LogP contribution in [0.25, 0.3) is 10.9 Å². The first-order valence-corrected chi connectivity index (χ1v) is 10.1. The maximum Gasteiger partial charge on any atom is 0.319 e. The molecule has 1 fully saturated rings. The van der Waals surface area contributed by atoms with Crippen LogP contribution in [0.1, 0.15) is 18.4 Å². The van der Waals surface area contributed by atoms with Gasteiger partial charge in [-0.05, 0) is 48.6 Å². The predicted octanol–water partition coefficient (Wildman–Crippen LogP) is 3.77. The number of urea groups is 1. The minimum atomic E-state index is -0.252. The van der Waals surface area contributed by atoms with Gasteiger partial charge in [0.1, 0.15) is 0 Å². The summed E-state index contributed by atoms with van der Waals surface area (Å²) in [6, 6.07) is 17.6. The monoisotopic (exact) mass is 390 g/mol. The lowest BCUT2D eigenvalue weighted by Gasteiger charge is -2.33. The highest BCUT2D eigenvalue weighted by atomic mass is 16.3. The summed E-state index contributed by atoms with van der Waals surface area (Å²) in [5.41, 5.74) is 3.71. The van der Waals surface area contributed by atoms with Gasteiger partial charge in [-0.2, -0.15) is 0 Å². The zero-order valence-corrected chi connectivity index (χ0v) is 16.3. The highest BCUT2D eigenvalue weighted by molar-refractivity contribution is 5.99. The first-order chi connectivity index (χ1) is 14.2. The van der Waals surface area contributed by atoms with E-state index in [0.29, 0.717) is 18.2 Å². The quantitative estimate of drug-likeness (QED) is 0.620. The van der Waals surface area contributed by atoms with Gasteiger partial charge in [0.15, 0.2) is 0 Å². The summed E-state index contributed by atoms with van der Waals surface area (Å²) in [4.78, 5) is 19.0. The van der Waals surface area contributed by atoms with Gasteiger partial charge in [-0.15, -0.1) is 0 Å². The fraction of sp³-hybridized carbons (Fsp3) is 0.304. The van der Waals surface area contributed by atoms with Gasteiger partial charge in [0, 0.05) is 43.5 Å². The number of aromatic nitrogens is 1. The Morgan fingerprint density at radius 2 is 1.83 bits per heavy atom. The lowest BCUT2D eigenvalue weighted by molar-refractivity contribution is 0.203. The molecule has 4 rings (SSSR count). The van der Waals surface area contributed by atoms with Crippen molar-refractivity contribution < 1.29 is 9.90 Å². The van der Waals surface area contributed by atoms with Gasteiger partial charge in [-0.1, -0.05) is 30.3 Å². The van der Waals surface area contributed by atoms with Crippen LogP contribution in [0.2, 0.25) is 0 Å². The standard InChI is InChI=1S/C23H26N4O2/c28-16-18-10-13-27(14-11-18)20-8-6-17(7-9-20)15-25-23(29)26-21-5-1-3-19-4-2-12-24-22(19)21/h1-9,12,18,28H,10-11,13-16H2,(H2,25,26,29). The van der Waals surface area contributed by atoms with E-state index in [-0.39, 0.29) is 12.6 Å². The second-order valence-corrected chi connectivity index (χ2v) is 7.47. The fourth-order valence-electron chi connectivity index (χ4n) is 3.75. The van der Waals surface area contributed by atoms with E-state index in [1.807, 2.05) is 42.5 Å². The molecule has 0 unspecified atom stereocenters. The Hall–Kier alpha value is -3.12. The third-order valence-electron chi connectivity index (χ3n) is 5.51. The third-order valence-corrected chi connectivity index (χ3v) is 5.51. The van der Waals surface area contributed by atoms with Gasteiger partial charge in [0.25, 0.3) is 0 Å². The number of hydrogen-bond acceptors (Lipinski definition) is 4. The molecule has 2 aromatic carbocycles. The smallest absolute Gasteiger partial charge is 0.319 e. The molecule has 0 aliphatic carbocycles. The third kappa shape index (κ3) is 4.66. The number of para-hydroxylation sites is 1. The maximum absolute atomic E-state index is 12.3. The highest BCUT2D eigenvalue weighted by Gasteiger charge is 2.18. The molecule has 3 N–H and O–H groups in total. The molecule has 2 amide bonds. The first-order valence-electron chi connectivity index (χ1n) is 10.1. The molecule has 2 heterocycles. The van der Waals surface area contributed by atoms with Crippen molar-refractivity contribution in [3.05, 3.63) is 66.4 Å². The van der Waals surface area contributed by atoms with Crippen LogP contribution in [0.4, 0.5) is 16.2 Å². The number of benzene rings is 2. The molecule has 3 aromatic rings. The number of carbonyl (C=O) groups excluding carboxylic acids is 1. The molecule has 6 heteroatoms. The van der Waals surface area contributed by atoms with Gasteiger partial charge in [0.2, 0.25) is 0 Å².